The fourth-order valence-electron chi connectivity index (χ4n) is 2.98. The maximum atomic E-state index is 6.45. The molecule has 0 saturated carbocycles. The molecule has 2 nitrogen and oxygen atoms in total. The Morgan fingerprint density at radius 1 is 1.25 bits per heavy atom. The number of benzene rings is 1. The lowest BCUT2D eigenvalue weighted by molar-refractivity contribution is 0.0315. The van der Waals surface area contributed by atoms with Gasteiger partial charge in [0.2, 0.25) is 0 Å². The predicted molar refractivity (Wildman–Crippen MR) is 86.0 cm³/mol. The zero-order chi connectivity index (χ0) is 13.8. The van der Waals surface area contributed by atoms with Crippen molar-refractivity contribution in [2.75, 3.05) is 25.4 Å². The second-order valence-electron chi connectivity index (χ2n) is 5.56. The second kappa shape index (κ2) is 7.17. The Labute approximate surface area is 130 Å². The molecule has 2 aliphatic heterocycles. The minimum atomic E-state index is 0.407. The van der Waals surface area contributed by atoms with Crippen LogP contribution in [0.25, 0.3) is 0 Å². The van der Waals surface area contributed by atoms with Crippen molar-refractivity contribution in [3.8, 4) is 0 Å². The molecule has 0 amide bonds. The first kappa shape index (κ1) is 14.7. The van der Waals surface area contributed by atoms with Crippen LogP contribution >= 0.6 is 23.4 Å². The van der Waals surface area contributed by atoms with Crippen molar-refractivity contribution in [1.29, 1.82) is 0 Å². The highest BCUT2D eigenvalue weighted by Crippen LogP contribution is 2.35. The lowest BCUT2D eigenvalue weighted by Crippen LogP contribution is -2.21. The number of ether oxygens (including phenoxy) is 1. The average Bonchev–Trinajstić information content (AvgIpc) is 2.73. The molecule has 0 bridgehead atoms. The SMILES string of the molecule is Clc1ccc2c(c1SCC1CCCCO1)CCNCC2. The molecular weight excluding hydrogens is 290 g/mol. The quantitative estimate of drug-likeness (QED) is 0.860. The highest BCUT2D eigenvalue weighted by molar-refractivity contribution is 7.99. The molecule has 20 heavy (non-hydrogen) atoms. The van der Waals surface area contributed by atoms with Gasteiger partial charge in [0.25, 0.3) is 0 Å². The Hall–Kier alpha value is -0.220. The van der Waals surface area contributed by atoms with E-state index in [1.165, 1.54) is 35.3 Å². The van der Waals surface area contributed by atoms with Gasteiger partial charge in [0.15, 0.2) is 0 Å². The normalized spacial score (nSPS) is 23.1. The summed E-state index contributed by atoms with van der Waals surface area (Å²) in [5, 5.41) is 4.38. The van der Waals surface area contributed by atoms with Gasteiger partial charge in [-0.3, -0.25) is 0 Å². The molecule has 0 spiro atoms. The standard InChI is InChI=1S/C16H22ClNOS/c17-15-5-4-12-6-8-18-9-7-14(12)16(15)20-11-13-3-1-2-10-19-13/h4-5,13,18H,1-3,6-11H2. The van der Waals surface area contributed by atoms with Crippen molar-refractivity contribution >= 4 is 23.4 Å². The number of nitrogens with one attached hydrogen (secondary N) is 1. The van der Waals surface area contributed by atoms with Crippen molar-refractivity contribution in [3.05, 3.63) is 28.3 Å². The lowest BCUT2D eigenvalue weighted by Gasteiger charge is -2.23. The van der Waals surface area contributed by atoms with Crippen LogP contribution in [0.15, 0.2) is 17.0 Å². The number of fused-ring (bicyclic) bond motifs is 1. The average molecular weight is 312 g/mol. The van der Waals surface area contributed by atoms with E-state index < -0.39 is 0 Å². The topological polar surface area (TPSA) is 21.3 Å². The number of thioether (sulfide) groups is 1. The molecule has 110 valence electrons. The third kappa shape index (κ3) is 3.51. The van der Waals surface area contributed by atoms with Crippen LogP contribution < -0.4 is 5.32 Å². The van der Waals surface area contributed by atoms with Crippen molar-refractivity contribution in [1.82, 2.24) is 5.32 Å². The van der Waals surface area contributed by atoms with E-state index in [9.17, 15) is 0 Å². The van der Waals surface area contributed by atoms with Gasteiger partial charge in [-0.25, -0.2) is 0 Å². The maximum Gasteiger partial charge on any atom is 0.0669 e. The van der Waals surface area contributed by atoms with Gasteiger partial charge in [-0.15, -0.1) is 11.8 Å². The molecule has 0 aromatic heterocycles. The molecule has 3 rings (SSSR count). The van der Waals surface area contributed by atoms with E-state index in [4.69, 9.17) is 16.3 Å². The third-order valence-electron chi connectivity index (χ3n) is 4.12. The third-order valence-corrected chi connectivity index (χ3v) is 5.84. The van der Waals surface area contributed by atoms with Crippen molar-refractivity contribution < 1.29 is 4.74 Å². The van der Waals surface area contributed by atoms with Crippen LogP contribution in [0.1, 0.15) is 30.4 Å². The summed E-state index contributed by atoms with van der Waals surface area (Å²) in [6.45, 7) is 3.06. The van der Waals surface area contributed by atoms with Crippen LogP contribution in [0, 0.1) is 0 Å². The Balaban J connectivity index is 1.74. The second-order valence-corrected chi connectivity index (χ2v) is 7.00. The molecule has 1 N–H and O–H groups in total. The highest BCUT2D eigenvalue weighted by atomic mass is 35.5. The van der Waals surface area contributed by atoms with Crippen LogP contribution in [0.5, 0.6) is 0 Å². The lowest BCUT2D eigenvalue weighted by atomic mass is 10.0. The largest absolute Gasteiger partial charge is 0.377 e. The van der Waals surface area contributed by atoms with Crippen LogP contribution in [-0.2, 0) is 17.6 Å². The zero-order valence-corrected chi connectivity index (χ0v) is 13.4. The molecule has 0 aliphatic carbocycles. The van der Waals surface area contributed by atoms with E-state index in [0.29, 0.717) is 6.10 Å². The van der Waals surface area contributed by atoms with Crippen molar-refractivity contribution in [2.24, 2.45) is 0 Å². The summed E-state index contributed by atoms with van der Waals surface area (Å²) in [7, 11) is 0. The molecule has 1 aromatic rings. The van der Waals surface area contributed by atoms with E-state index in [1.54, 1.807) is 0 Å². The Morgan fingerprint density at radius 2 is 2.15 bits per heavy atom. The predicted octanol–water partition coefficient (Wildman–Crippen LogP) is 3.69. The molecule has 1 fully saturated rings. The van der Waals surface area contributed by atoms with Gasteiger partial charge in [0, 0.05) is 17.3 Å². The monoisotopic (exact) mass is 311 g/mol. The van der Waals surface area contributed by atoms with E-state index in [2.05, 4.69) is 17.4 Å². The Bertz CT molecular complexity index is 460. The van der Waals surface area contributed by atoms with Crippen LogP contribution in [0.4, 0.5) is 0 Å². The van der Waals surface area contributed by atoms with Gasteiger partial charge in [-0.05, 0) is 62.4 Å². The Kier molecular flexibility index (Phi) is 5.27. The summed E-state index contributed by atoms with van der Waals surface area (Å²) in [5.41, 5.74) is 2.93. The van der Waals surface area contributed by atoms with Crippen LogP contribution in [-0.4, -0.2) is 31.6 Å². The molecular formula is C16H22ClNOS. The summed E-state index contributed by atoms with van der Waals surface area (Å²) in [6.07, 6.45) is 6.32. The fraction of sp³-hybridized carbons (Fsp3) is 0.625. The smallest absolute Gasteiger partial charge is 0.0669 e. The molecule has 1 atom stereocenters. The Morgan fingerprint density at radius 3 is 3.00 bits per heavy atom. The highest BCUT2D eigenvalue weighted by Gasteiger charge is 2.18. The van der Waals surface area contributed by atoms with E-state index in [-0.39, 0.29) is 0 Å². The molecule has 4 heteroatoms. The van der Waals surface area contributed by atoms with Crippen molar-refractivity contribution in [3.63, 3.8) is 0 Å². The maximum absolute atomic E-state index is 6.45. The van der Waals surface area contributed by atoms with Gasteiger partial charge < -0.3 is 10.1 Å². The first-order chi connectivity index (χ1) is 9.84. The molecule has 1 aromatic carbocycles. The zero-order valence-electron chi connectivity index (χ0n) is 11.8. The van der Waals surface area contributed by atoms with Gasteiger partial charge >= 0.3 is 0 Å². The first-order valence-corrected chi connectivity index (χ1v) is 8.96. The van der Waals surface area contributed by atoms with E-state index in [0.717, 1.165) is 43.3 Å². The van der Waals surface area contributed by atoms with Gasteiger partial charge in [-0.2, -0.15) is 0 Å². The molecule has 0 radical (unpaired) electrons. The summed E-state index contributed by atoms with van der Waals surface area (Å²) < 4.78 is 5.83. The first-order valence-electron chi connectivity index (χ1n) is 7.60. The number of halogens is 1. The minimum Gasteiger partial charge on any atom is -0.377 e. The summed E-state index contributed by atoms with van der Waals surface area (Å²) in [5.74, 6) is 1.03. The molecule has 1 unspecified atom stereocenters. The van der Waals surface area contributed by atoms with E-state index >= 15 is 0 Å². The number of hydrogen-bond acceptors (Lipinski definition) is 3. The van der Waals surface area contributed by atoms with Gasteiger partial charge in [0.05, 0.1) is 11.1 Å². The molecule has 1 saturated heterocycles. The van der Waals surface area contributed by atoms with Gasteiger partial charge in [0.1, 0.15) is 0 Å². The summed E-state index contributed by atoms with van der Waals surface area (Å²) in [6, 6.07) is 4.27. The fourth-order valence-corrected chi connectivity index (χ4v) is 4.55. The van der Waals surface area contributed by atoms with Crippen LogP contribution in [0.2, 0.25) is 5.02 Å². The molecule has 2 heterocycles. The minimum absolute atomic E-state index is 0.407. The number of hydrogen-bond donors (Lipinski definition) is 1. The molecule has 2 aliphatic rings. The van der Waals surface area contributed by atoms with Gasteiger partial charge in [-0.1, -0.05) is 17.7 Å². The van der Waals surface area contributed by atoms with E-state index in [1.807, 2.05) is 11.8 Å². The van der Waals surface area contributed by atoms with Crippen LogP contribution in [0.3, 0.4) is 0 Å². The van der Waals surface area contributed by atoms with Crippen molar-refractivity contribution in [2.45, 2.75) is 43.1 Å². The summed E-state index contributed by atoms with van der Waals surface area (Å²) >= 11 is 8.34. The number of rotatable bonds is 3. The summed E-state index contributed by atoms with van der Waals surface area (Å²) in [4.78, 5) is 1.29.